The third-order valence-corrected chi connectivity index (χ3v) is 4.41. The Morgan fingerprint density at radius 2 is 2.37 bits per heavy atom. The van der Waals surface area contributed by atoms with Gasteiger partial charge in [-0.1, -0.05) is 6.07 Å². The number of ether oxygens (including phenoxy) is 2. The summed E-state index contributed by atoms with van der Waals surface area (Å²) < 4.78 is 11.3. The van der Waals surface area contributed by atoms with Crippen molar-refractivity contribution in [1.29, 1.82) is 0 Å². The van der Waals surface area contributed by atoms with Crippen LogP contribution in [0.2, 0.25) is 0 Å². The molecule has 19 heavy (non-hydrogen) atoms. The van der Waals surface area contributed by atoms with E-state index in [-0.39, 0.29) is 18.1 Å². The molecular weight excluding hydrogens is 264 g/mol. The third-order valence-electron chi connectivity index (χ3n) is 3.44. The van der Waals surface area contributed by atoms with E-state index in [0.29, 0.717) is 32.8 Å². The maximum Gasteiger partial charge on any atom is 0.253 e. The molecule has 0 radical (unpaired) electrons. The number of rotatable bonds is 2. The predicted octanol–water partition coefficient (Wildman–Crippen LogP) is 0.636. The summed E-state index contributed by atoms with van der Waals surface area (Å²) in [4.78, 5) is 15.4. The fraction of sp³-hybridized carbons (Fsp3) is 0.615. The molecule has 2 aliphatic heterocycles. The SMILES string of the molecule is O=C(C1CNCCO1)N1CCOC(c2cccs2)C1. The van der Waals surface area contributed by atoms with Gasteiger partial charge in [0.1, 0.15) is 12.2 Å². The largest absolute Gasteiger partial charge is 0.369 e. The molecule has 3 rings (SSSR count). The van der Waals surface area contributed by atoms with Crippen LogP contribution < -0.4 is 5.32 Å². The highest BCUT2D eigenvalue weighted by molar-refractivity contribution is 7.10. The first kappa shape index (κ1) is 13.1. The molecule has 2 unspecified atom stereocenters. The molecule has 0 aliphatic carbocycles. The van der Waals surface area contributed by atoms with E-state index in [1.807, 2.05) is 16.3 Å². The maximum absolute atomic E-state index is 12.4. The minimum Gasteiger partial charge on any atom is -0.369 e. The lowest BCUT2D eigenvalue weighted by Gasteiger charge is -2.35. The van der Waals surface area contributed by atoms with Crippen LogP contribution in [-0.4, -0.2) is 56.3 Å². The lowest BCUT2D eigenvalue weighted by atomic mass is 10.2. The number of morpholine rings is 2. The normalized spacial score (nSPS) is 28.3. The first-order valence-corrected chi connectivity index (χ1v) is 7.48. The van der Waals surface area contributed by atoms with Crippen molar-refractivity contribution in [1.82, 2.24) is 10.2 Å². The van der Waals surface area contributed by atoms with Crippen molar-refractivity contribution >= 4 is 17.2 Å². The van der Waals surface area contributed by atoms with E-state index < -0.39 is 0 Å². The van der Waals surface area contributed by atoms with Crippen LogP contribution in [-0.2, 0) is 14.3 Å². The van der Waals surface area contributed by atoms with Gasteiger partial charge in [0.2, 0.25) is 0 Å². The van der Waals surface area contributed by atoms with Crippen molar-refractivity contribution in [3.05, 3.63) is 22.4 Å². The molecular formula is C13H18N2O3S. The van der Waals surface area contributed by atoms with E-state index in [9.17, 15) is 4.79 Å². The molecule has 2 aliphatic rings. The number of carbonyl (C=O) groups excluding carboxylic acids is 1. The summed E-state index contributed by atoms with van der Waals surface area (Å²) in [6.45, 7) is 3.91. The Hall–Kier alpha value is -0.950. The number of nitrogens with one attached hydrogen (secondary N) is 1. The second-order valence-corrected chi connectivity index (χ2v) is 5.70. The number of amides is 1. The van der Waals surface area contributed by atoms with Gasteiger partial charge in [-0.05, 0) is 11.4 Å². The number of nitrogens with zero attached hydrogens (tertiary/aromatic N) is 1. The smallest absolute Gasteiger partial charge is 0.253 e. The molecule has 1 aromatic heterocycles. The molecule has 6 heteroatoms. The van der Waals surface area contributed by atoms with Crippen molar-refractivity contribution in [3.8, 4) is 0 Å². The summed E-state index contributed by atoms with van der Waals surface area (Å²) in [5.74, 6) is 0.0806. The molecule has 5 nitrogen and oxygen atoms in total. The average molecular weight is 282 g/mol. The Labute approximate surface area is 116 Å². The van der Waals surface area contributed by atoms with Crippen molar-refractivity contribution in [2.45, 2.75) is 12.2 Å². The molecule has 0 aromatic carbocycles. The Balaban J connectivity index is 1.62. The molecule has 1 amide bonds. The van der Waals surface area contributed by atoms with Gasteiger partial charge in [-0.25, -0.2) is 0 Å². The summed E-state index contributed by atoms with van der Waals surface area (Å²) in [6.07, 6.45) is -0.329. The van der Waals surface area contributed by atoms with Crippen molar-refractivity contribution in [2.75, 3.05) is 39.4 Å². The van der Waals surface area contributed by atoms with Crippen LogP contribution in [0.15, 0.2) is 17.5 Å². The molecule has 1 aromatic rings. The fourth-order valence-corrected chi connectivity index (χ4v) is 3.19. The second-order valence-electron chi connectivity index (χ2n) is 4.72. The van der Waals surface area contributed by atoms with E-state index in [4.69, 9.17) is 9.47 Å². The molecule has 3 heterocycles. The van der Waals surface area contributed by atoms with Gasteiger partial charge in [-0.15, -0.1) is 11.3 Å². The van der Waals surface area contributed by atoms with Crippen LogP contribution in [0.4, 0.5) is 0 Å². The monoisotopic (exact) mass is 282 g/mol. The topological polar surface area (TPSA) is 50.8 Å². The third kappa shape index (κ3) is 2.97. The summed E-state index contributed by atoms with van der Waals surface area (Å²) in [5, 5.41) is 5.23. The number of hydrogen-bond donors (Lipinski definition) is 1. The highest BCUT2D eigenvalue weighted by Gasteiger charge is 2.31. The van der Waals surface area contributed by atoms with Crippen LogP contribution in [0.25, 0.3) is 0 Å². The van der Waals surface area contributed by atoms with Crippen LogP contribution in [0.1, 0.15) is 11.0 Å². The van der Waals surface area contributed by atoms with Gasteiger partial charge in [-0.3, -0.25) is 4.79 Å². The van der Waals surface area contributed by atoms with Gasteiger partial charge < -0.3 is 19.7 Å². The molecule has 104 valence electrons. The van der Waals surface area contributed by atoms with Gasteiger partial charge in [0, 0.05) is 24.5 Å². The molecule has 0 spiro atoms. The van der Waals surface area contributed by atoms with Crippen molar-refractivity contribution in [3.63, 3.8) is 0 Å². The zero-order chi connectivity index (χ0) is 13.1. The Morgan fingerprint density at radius 1 is 1.42 bits per heavy atom. The first-order chi connectivity index (χ1) is 9.34. The number of thiophene rings is 1. The fourth-order valence-electron chi connectivity index (χ4n) is 2.42. The van der Waals surface area contributed by atoms with Crippen LogP contribution in [0, 0.1) is 0 Å². The molecule has 0 bridgehead atoms. The summed E-state index contributed by atoms with van der Waals surface area (Å²) >= 11 is 1.67. The Kier molecular flexibility index (Phi) is 4.12. The summed E-state index contributed by atoms with van der Waals surface area (Å²) in [6, 6.07) is 4.07. The van der Waals surface area contributed by atoms with Crippen LogP contribution in [0.5, 0.6) is 0 Å². The minimum absolute atomic E-state index is 0.00856. The van der Waals surface area contributed by atoms with Gasteiger partial charge in [0.15, 0.2) is 0 Å². The zero-order valence-electron chi connectivity index (χ0n) is 10.7. The lowest BCUT2D eigenvalue weighted by Crippen LogP contribution is -2.52. The Bertz CT molecular complexity index is 418. The first-order valence-electron chi connectivity index (χ1n) is 6.61. The highest BCUT2D eigenvalue weighted by atomic mass is 32.1. The molecule has 1 N–H and O–H groups in total. The molecule has 2 fully saturated rings. The Morgan fingerprint density at radius 3 is 3.11 bits per heavy atom. The van der Waals surface area contributed by atoms with Gasteiger partial charge in [-0.2, -0.15) is 0 Å². The quantitative estimate of drug-likeness (QED) is 0.865. The van der Waals surface area contributed by atoms with Gasteiger partial charge in [0.05, 0.1) is 19.8 Å². The van der Waals surface area contributed by atoms with Gasteiger partial charge in [0.25, 0.3) is 5.91 Å². The molecule has 2 atom stereocenters. The van der Waals surface area contributed by atoms with Gasteiger partial charge >= 0.3 is 0 Å². The van der Waals surface area contributed by atoms with E-state index in [2.05, 4.69) is 11.4 Å². The predicted molar refractivity (Wildman–Crippen MR) is 72.2 cm³/mol. The average Bonchev–Trinajstić information content (AvgIpc) is 3.02. The van der Waals surface area contributed by atoms with Crippen LogP contribution in [0.3, 0.4) is 0 Å². The maximum atomic E-state index is 12.4. The van der Waals surface area contributed by atoms with E-state index in [1.165, 1.54) is 4.88 Å². The summed E-state index contributed by atoms with van der Waals surface area (Å²) in [5.41, 5.74) is 0. The van der Waals surface area contributed by atoms with E-state index >= 15 is 0 Å². The second kappa shape index (κ2) is 6.00. The molecule has 2 saturated heterocycles. The summed E-state index contributed by atoms with van der Waals surface area (Å²) in [7, 11) is 0. The minimum atomic E-state index is -0.337. The lowest BCUT2D eigenvalue weighted by molar-refractivity contribution is -0.152. The van der Waals surface area contributed by atoms with Crippen molar-refractivity contribution < 1.29 is 14.3 Å². The number of hydrogen-bond acceptors (Lipinski definition) is 5. The van der Waals surface area contributed by atoms with Crippen LogP contribution >= 0.6 is 11.3 Å². The highest BCUT2D eigenvalue weighted by Crippen LogP contribution is 2.26. The van der Waals surface area contributed by atoms with E-state index in [0.717, 1.165) is 6.54 Å². The zero-order valence-corrected chi connectivity index (χ0v) is 11.5. The molecule has 0 saturated carbocycles. The number of carbonyl (C=O) groups is 1. The van der Waals surface area contributed by atoms with E-state index in [1.54, 1.807) is 11.3 Å². The standard InChI is InChI=1S/C13H18N2O3S/c16-13(10-8-14-3-5-17-10)15-4-6-18-11(9-15)12-2-1-7-19-12/h1-2,7,10-11,14H,3-6,8-9H2. The van der Waals surface area contributed by atoms with Crippen molar-refractivity contribution in [2.24, 2.45) is 0 Å².